The number of rotatable bonds is 4. The molecule has 0 aromatic carbocycles. The van der Waals surface area contributed by atoms with Gasteiger partial charge in [-0.3, -0.25) is 4.68 Å². The number of aliphatic hydroxyl groups is 1. The predicted molar refractivity (Wildman–Crippen MR) is 46.9 cm³/mol. The Morgan fingerprint density at radius 1 is 1.85 bits per heavy atom. The van der Waals surface area contributed by atoms with Gasteiger partial charge in [-0.25, -0.2) is 0 Å². The molecule has 0 unspecified atom stereocenters. The number of aromatic nitrogens is 2. The highest BCUT2D eigenvalue weighted by molar-refractivity contribution is 5.08. The molecule has 0 saturated heterocycles. The third kappa shape index (κ3) is 2.47. The van der Waals surface area contributed by atoms with Crippen molar-refractivity contribution in [2.24, 2.45) is 5.11 Å². The molecule has 1 N–H and O–H groups in total. The van der Waals surface area contributed by atoms with Crippen molar-refractivity contribution >= 4 is 0 Å². The van der Waals surface area contributed by atoms with Gasteiger partial charge >= 0.3 is 0 Å². The average molecular weight is 181 g/mol. The van der Waals surface area contributed by atoms with Crippen LogP contribution in [0.4, 0.5) is 0 Å². The highest BCUT2D eigenvalue weighted by Crippen LogP contribution is 2.11. The van der Waals surface area contributed by atoms with Crippen molar-refractivity contribution in [3.8, 4) is 0 Å². The third-order valence-corrected chi connectivity index (χ3v) is 1.68. The Morgan fingerprint density at radius 3 is 3.15 bits per heavy atom. The van der Waals surface area contributed by atoms with Gasteiger partial charge in [0.15, 0.2) is 0 Å². The molecule has 0 radical (unpaired) electrons. The van der Waals surface area contributed by atoms with Crippen LogP contribution in [0.2, 0.25) is 0 Å². The van der Waals surface area contributed by atoms with Gasteiger partial charge in [-0.15, -0.1) is 0 Å². The summed E-state index contributed by atoms with van der Waals surface area (Å²) in [7, 11) is 0. The van der Waals surface area contributed by atoms with Crippen molar-refractivity contribution in [1.82, 2.24) is 9.78 Å². The van der Waals surface area contributed by atoms with Crippen molar-refractivity contribution in [2.75, 3.05) is 6.54 Å². The van der Waals surface area contributed by atoms with E-state index in [9.17, 15) is 5.11 Å². The van der Waals surface area contributed by atoms with E-state index >= 15 is 0 Å². The molecule has 13 heavy (non-hydrogen) atoms. The molecule has 0 aliphatic carbocycles. The van der Waals surface area contributed by atoms with Crippen LogP contribution >= 0.6 is 0 Å². The first-order chi connectivity index (χ1) is 6.27. The van der Waals surface area contributed by atoms with E-state index < -0.39 is 6.10 Å². The zero-order valence-corrected chi connectivity index (χ0v) is 7.33. The Balaban J connectivity index is 2.65. The van der Waals surface area contributed by atoms with Crippen molar-refractivity contribution in [3.05, 3.63) is 28.4 Å². The van der Waals surface area contributed by atoms with E-state index in [1.165, 1.54) is 0 Å². The Labute approximate surface area is 75.4 Å². The van der Waals surface area contributed by atoms with Crippen LogP contribution in [0.1, 0.15) is 18.6 Å². The van der Waals surface area contributed by atoms with Crippen LogP contribution in [-0.4, -0.2) is 21.4 Å². The monoisotopic (exact) mass is 181 g/mol. The first-order valence-electron chi connectivity index (χ1n) is 3.99. The highest BCUT2D eigenvalue weighted by atomic mass is 16.3. The standard InChI is InChI=1S/C7H11N5O/c1-2-12-5-6(3-10-12)7(13)4-9-11-8/h3,5,7,13H,2,4H2,1H3/t7-/m0/s1. The molecular weight excluding hydrogens is 170 g/mol. The SMILES string of the molecule is CCn1cc([C@@H](O)CN=[N+]=[N-])cn1. The molecule has 1 aromatic rings. The normalized spacial score (nSPS) is 12.2. The van der Waals surface area contributed by atoms with Gasteiger partial charge in [0.1, 0.15) is 0 Å². The topological polar surface area (TPSA) is 86.8 Å². The van der Waals surface area contributed by atoms with Crippen molar-refractivity contribution in [1.29, 1.82) is 0 Å². The molecule has 1 heterocycles. The van der Waals surface area contributed by atoms with Gasteiger partial charge in [-0.05, 0) is 12.5 Å². The Hall–Kier alpha value is -1.52. The molecule has 70 valence electrons. The van der Waals surface area contributed by atoms with E-state index in [1.807, 2.05) is 6.92 Å². The van der Waals surface area contributed by atoms with Crippen LogP contribution in [0.5, 0.6) is 0 Å². The number of hydrogen-bond donors (Lipinski definition) is 1. The maximum absolute atomic E-state index is 9.44. The lowest BCUT2D eigenvalue weighted by Gasteiger charge is -2.01. The van der Waals surface area contributed by atoms with Gasteiger partial charge < -0.3 is 5.11 Å². The molecule has 6 heteroatoms. The summed E-state index contributed by atoms with van der Waals surface area (Å²) in [5.41, 5.74) is 8.72. The molecule has 1 aromatic heterocycles. The summed E-state index contributed by atoms with van der Waals surface area (Å²) < 4.78 is 1.70. The molecule has 1 atom stereocenters. The van der Waals surface area contributed by atoms with E-state index in [-0.39, 0.29) is 6.54 Å². The number of hydrogen-bond acceptors (Lipinski definition) is 3. The molecule has 0 spiro atoms. The van der Waals surface area contributed by atoms with Crippen molar-refractivity contribution in [2.45, 2.75) is 19.6 Å². The molecule has 0 bridgehead atoms. The summed E-state index contributed by atoms with van der Waals surface area (Å²) >= 11 is 0. The Morgan fingerprint density at radius 2 is 2.62 bits per heavy atom. The maximum atomic E-state index is 9.44. The van der Waals surface area contributed by atoms with Gasteiger partial charge in [-0.2, -0.15) is 5.10 Å². The highest BCUT2D eigenvalue weighted by Gasteiger charge is 2.07. The minimum atomic E-state index is -0.754. The largest absolute Gasteiger partial charge is 0.388 e. The fourth-order valence-electron chi connectivity index (χ4n) is 0.944. The summed E-state index contributed by atoms with van der Waals surface area (Å²) in [4.78, 5) is 2.57. The van der Waals surface area contributed by atoms with E-state index in [2.05, 4.69) is 15.1 Å². The molecule has 0 aliphatic rings. The van der Waals surface area contributed by atoms with E-state index in [1.54, 1.807) is 17.1 Å². The lowest BCUT2D eigenvalue weighted by atomic mass is 10.2. The fourth-order valence-corrected chi connectivity index (χ4v) is 0.944. The zero-order valence-electron chi connectivity index (χ0n) is 7.33. The smallest absolute Gasteiger partial charge is 0.0876 e. The van der Waals surface area contributed by atoms with Gasteiger partial charge in [0.2, 0.25) is 0 Å². The van der Waals surface area contributed by atoms with Crippen molar-refractivity contribution in [3.63, 3.8) is 0 Å². The minimum Gasteiger partial charge on any atom is -0.388 e. The van der Waals surface area contributed by atoms with Gasteiger partial charge in [-0.1, -0.05) is 5.11 Å². The summed E-state index contributed by atoms with van der Waals surface area (Å²) in [6.07, 6.45) is 2.55. The molecule has 6 nitrogen and oxygen atoms in total. The lowest BCUT2D eigenvalue weighted by Crippen LogP contribution is -1.99. The number of aliphatic hydroxyl groups excluding tert-OH is 1. The molecule has 1 rings (SSSR count). The fraction of sp³-hybridized carbons (Fsp3) is 0.571. The van der Waals surface area contributed by atoms with Gasteiger partial charge in [0, 0.05) is 23.2 Å². The van der Waals surface area contributed by atoms with Crippen LogP contribution in [0, 0.1) is 0 Å². The third-order valence-electron chi connectivity index (χ3n) is 1.68. The molecular formula is C7H11N5O. The minimum absolute atomic E-state index is 0.0475. The van der Waals surface area contributed by atoms with Crippen LogP contribution in [0.15, 0.2) is 17.5 Å². The van der Waals surface area contributed by atoms with Crippen LogP contribution in [-0.2, 0) is 6.54 Å². The maximum Gasteiger partial charge on any atom is 0.0876 e. The van der Waals surface area contributed by atoms with E-state index in [0.717, 1.165) is 6.54 Å². The second-order valence-corrected chi connectivity index (χ2v) is 2.56. The van der Waals surface area contributed by atoms with Crippen LogP contribution in [0.3, 0.4) is 0 Å². The van der Waals surface area contributed by atoms with Gasteiger partial charge in [0.25, 0.3) is 0 Å². The molecule has 0 fully saturated rings. The quantitative estimate of drug-likeness (QED) is 0.430. The predicted octanol–water partition coefficient (Wildman–Crippen LogP) is 1.25. The summed E-state index contributed by atoms with van der Waals surface area (Å²) in [5, 5.41) is 16.7. The first kappa shape index (κ1) is 9.57. The van der Waals surface area contributed by atoms with Crippen molar-refractivity contribution < 1.29 is 5.11 Å². The van der Waals surface area contributed by atoms with Crippen LogP contribution < -0.4 is 0 Å². The van der Waals surface area contributed by atoms with E-state index in [4.69, 9.17) is 5.53 Å². The average Bonchev–Trinajstić information content (AvgIpc) is 2.62. The number of aryl methyl sites for hydroxylation is 1. The Kier molecular flexibility index (Phi) is 3.31. The second-order valence-electron chi connectivity index (χ2n) is 2.56. The zero-order chi connectivity index (χ0) is 9.68. The summed E-state index contributed by atoms with van der Waals surface area (Å²) in [6, 6.07) is 0. The Bertz CT molecular complexity index is 314. The molecule has 0 amide bonds. The lowest BCUT2D eigenvalue weighted by molar-refractivity contribution is 0.186. The summed E-state index contributed by atoms with van der Waals surface area (Å²) in [6.45, 7) is 2.76. The second kappa shape index (κ2) is 4.49. The first-order valence-corrected chi connectivity index (χ1v) is 3.99. The molecule has 0 aliphatic heterocycles. The van der Waals surface area contributed by atoms with E-state index in [0.29, 0.717) is 5.56 Å². The summed E-state index contributed by atoms with van der Waals surface area (Å²) in [5.74, 6) is 0. The van der Waals surface area contributed by atoms with Gasteiger partial charge in [0.05, 0.1) is 18.8 Å². The number of azide groups is 1. The number of nitrogens with zero attached hydrogens (tertiary/aromatic N) is 5. The van der Waals surface area contributed by atoms with Crippen LogP contribution in [0.25, 0.3) is 10.4 Å². The molecule has 0 saturated carbocycles.